The number of ether oxygens (including phenoxy) is 1. The predicted octanol–water partition coefficient (Wildman–Crippen LogP) is 5.12. The lowest BCUT2D eigenvalue weighted by Crippen LogP contribution is -2.43. The molecule has 3 nitrogen and oxygen atoms in total. The second kappa shape index (κ2) is 8.26. The molecule has 4 heteroatoms. The molecule has 0 saturated carbocycles. The Kier molecular flexibility index (Phi) is 5.54. The van der Waals surface area contributed by atoms with Gasteiger partial charge in [-0.3, -0.25) is 4.90 Å². The summed E-state index contributed by atoms with van der Waals surface area (Å²) in [7, 11) is 1.56. The molecule has 1 aliphatic heterocycles. The van der Waals surface area contributed by atoms with Gasteiger partial charge in [0, 0.05) is 18.0 Å². The molecule has 150 valence electrons. The van der Waals surface area contributed by atoms with Gasteiger partial charge < -0.3 is 9.84 Å². The van der Waals surface area contributed by atoms with Gasteiger partial charge in [-0.25, -0.2) is 4.39 Å². The maximum Gasteiger partial charge on any atom is 0.127 e. The lowest BCUT2D eigenvalue weighted by molar-refractivity contribution is 0.172. The van der Waals surface area contributed by atoms with E-state index >= 15 is 0 Å². The highest BCUT2D eigenvalue weighted by molar-refractivity contribution is 5.45. The van der Waals surface area contributed by atoms with Crippen molar-refractivity contribution in [3.8, 4) is 11.5 Å². The van der Waals surface area contributed by atoms with Gasteiger partial charge in [-0.2, -0.15) is 0 Å². The van der Waals surface area contributed by atoms with Crippen molar-refractivity contribution < 1.29 is 14.2 Å². The monoisotopic (exact) mass is 391 g/mol. The van der Waals surface area contributed by atoms with E-state index in [1.807, 2.05) is 24.3 Å². The van der Waals surface area contributed by atoms with Gasteiger partial charge in [-0.1, -0.05) is 42.5 Å². The van der Waals surface area contributed by atoms with Gasteiger partial charge in [0.25, 0.3) is 0 Å². The zero-order chi connectivity index (χ0) is 20.3. The van der Waals surface area contributed by atoms with Gasteiger partial charge in [-0.05, 0) is 66.9 Å². The number of halogens is 1. The van der Waals surface area contributed by atoms with Crippen LogP contribution in [0.15, 0.2) is 72.8 Å². The van der Waals surface area contributed by atoms with E-state index in [-0.39, 0.29) is 17.0 Å². The largest absolute Gasteiger partial charge is 0.508 e. The molecule has 0 aromatic heterocycles. The zero-order valence-electron chi connectivity index (χ0n) is 16.6. The highest BCUT2D eigenvalue weighted by Crippen LogP contribution is 2.43. The topological polar surface area (TPSA) is 32.7 Å². The highest BCUT2D eigenvalue weighted by Gasteiger charge is 2.38. The standard InChI is InChI=1S/C25H26FNO2/c1-29-24-16-21(15-22(26)17-24)25(20-7-9-23(28)10-8-20)11-13-27(14-12-25)18-19-5-3-2-4-6-19/h2-10,15-17,28H,11-14,18H2,1H3. The number of piperidine rings is 1. The first kappa shape index (κ1) is 19.5. The molecule has 0 spiro atoms. The maximum absolute atomic E-state index is 14.4. The molecule has 1 aliphatic rings. The summed E-state index contributed by atoms with van der Waals surface area (Å²) in [6.07, 6.45) is 1.74. The SMILES string of the molecule is COc1cc(F)cc(C2(c3ccc(O)cc3)CCN(Cc3ccccc3)CC2)c1. The summed E-state index contributed by atoms with van der Waals surface area (Å²) in [6, 6.07) is 22.8. The molecule has 4 rings (SSSR count). The van der Waals surface area contributed by atoms with Crippen LogP contribution in [0.4, 0.5) is 4.39 Å². The van der Waals surface area contributed by atoms with Crippen LogP contribution in [0, 0.1) is 5.82 Å². The Hall–Kier alpha value is -2.85. The molecule has 1 heterocycles. The number of phenolic OH excluding ortho intramolecular Hbond substituents is 1. The molecule has 3 aromatic rings. The molecule has 0 radical (unpaired) electrons. The maximum atomic E-state index is 14.4. The van der Waals surface area contributed by atoms with Crippen LogP contribution >= 0.6 is 0 Å². The van der Waals surface area contributed by atoms with Gasteiger partial charge in [0.1, 0.15) is 17.3 Å². The van der Waals surface area contributed by atoms with E-state index in [9.17, 15) is 9.50 Å². The van der Waals surface area contributed by atoms with Crippen LogP contribution in [-0.4, -0.2) is 30.2 Å². The Morgan fingerprint density at radius 2 is 1.62 bits per heavy atom. The second-order valence-electron chi connectivity index (χ2n) is 7.77. The third-order valence-corrected chi connectivity index (χ3v) is 6.04. The minimum absolute atomic E-state index is 0.238. The quantitative estimate of drug-likeness (QED) is 0.655. The Morgan fingerprint density at radius 3 is 2.28 bits per heavy atom. The van der Waals surface area contributed by atoms with E-state index in [4.69, 9.17) is 4.74 Å². The van der Waals surface area contributed by atoms with E-state index in [0.717, 1.165) is 43.6 Å². The molecule has 3 aromatic carbocycles. The van der Waals surface area contributed by atoms with Crippen LogP contribution in [-0.2, 0) is 12.0 Å². The fourth-order valence-electron chi connectivity index (χ4n) is 4.42. The molecule has 1 saturated heterocycles. The van der Waals surface area contributed by atoms with Gasteiger partial charge in [0.15, 0.2) is 0 Å². The molecule has 0 unspecified atom stereocenters. The number of rotatable bonds is 5. The molecule has 0 aliphatic carbocycles. The smallest absolute Gasteiger partial charge is 0.127 e. The first-order valence-corrected chi connectivity index (χ1v) is 10.00. The molecular formula is C25H26FNO2. The van der Waals surface area contributed by atoms with Crippen LogP contribution < -0.4 is 4.74 Å². The second-order valence-corrected chi connectivity index (χ2v) is 7.77. The third kappa shape index (κ3) is 4.13. The first-order chi connectivity index (χ1) is 14.1. The summed E-state index contributed by atoms with van der Waals surface area (Å²) in [4.78, 5) is 2.45. The lowest BCUT2D eigenvalue weighted by atomic mass is 9.68. The minimum Gasteiger partial charge on any atom is -0.508 e. The van der Waals surface area contributed by atoms with Gasteiger partial charge in [-0.15, -0.1) is 0 Å². The summed E-state index contributed by atoms with van der Waals surface area (Å²) in [5, 5.41) is 9.75. The van der Waals surface area contributed by atoms with Crippen LogP contribution in [0.1, 0.15) is 29.5 Å². The average molecular weight is 391 g/mol. The van der Waals surface area contributed by atoms with E-state index in [0.29, 0.717) is 5.75 Å². The number of hydrogen-bond acceptors (Lipinski definition) is 3. The predicted molar refractivity (Wildman–Crippen MR) is 113 cm³/mol. The van der Waals surface area contributed by atoms with E-state index in [2.05, 4.69) is 29.2 Å². The molecule has 1 fully saturated rings. The molecule has 0 bridgehead atoms. The Morgan fingerprint density at radius 1 is 0.931 bits per heavy atom. The van der Waals surface area contributed by atoms with Crippen molar-refractivity contribution in [3.05, 3.63) is 95.3 Å². The Labute approximate surface area is 171 Å². The third-order valence-electron chi connectivity index (χ3n) is 6.04. The van der Waals surface area contributed by atoms with Gasteiger partial charge in [0.2, 0.25) is 0 Å². The minimum atomic E-state index is -0.309. The summed E-state index contributed by atoms with van der Waals surface area (Å²) >= 11 is 0. The van der Waals surface area contributed by atoms with E-state index < -0.39 is 0 Å². The lowest BCUT2D eigenvalue weighted by Gasteiger charge is -2.43. The molecule has 29 heavy (non-hydrogen) atoms. The number of likely N-dealkylation sites (tertiary alicyclic amines) is 1. The van der Waals surface area contributed by atoms with Crippen molar-refractivity contribution in [2.45, 2.75) is 24.8 Å². The number of aromatic hydroxyl groups is 1. The molecule has 0 atom stereocenters. The summed E-state index contributed by atoms with van der Waals surface area (Å²) in [5.41, 5.74) is 3.02. The zero-order valence-corrected chi connectivity index (χ0v) is 16.6. The first-order valence-electron chi connectivity index (χ1n) is 10.00. The summed E-state index contributed by atoms with van der Waals surface area (Å²) in [5.74, 6) is 0.483. The van der Waals surface area contributed by atoms with Crippen LogP contribution in [0.3, 0.4) is 0 Å². The van der Waals surface area contributed by atoms with Crippen LogP contribution in [0.2, 0.25) is 0 Å². The van der Waals surface area contributed by atoms with Crippen molar-refractivity contribution in [1.29, 1.82) is 0 Å². The number of benzene rings is 3. The molecule has 1 N–H and O–H groups in total. The number of nitrogens with zero attached hydrogens (tertiary/aromatic N) is 1. The number of phenols is 1. The fourth-order valence-corrected chi connectivity index (χ4v) is 4.42. The van der Waals surface area contributed by atoms with Gasteiger partial charge in [0.05, 0.1) is 7.11 Å². The summed E-state index contributed by atoms with van der Waals surface area (Å²) < 4.78 is 19.7. The van der Waals surface area contributed by atoms with Crippen molar-refractivity contribution >= 4 is 0 Å². The van der Waals surface area contributed by atoms with Crippen molar-refractivity contribution in [2.75, 3.05) is 20.2 Å². The van der Waals surface area contributed by atoms with Crippen molar-refractivity contribution in [2.24, 2.45) is 0 Å². The van der Waals surface area contributed by atoms with E-state index in [1.54, 1.807) is 25.3 Å². The van der Waals surface area contributed by atoms with Crippen molar-refractivity contribution in [3.63, 3.8) is 0 Å². The summed E-state index contributed by atoms with van der Waals surface area (Å²) in [6.45, 7) is 2.74. The Balaban J connectivity index is 1.66. The van der Waals surface area contributed by atoms with Crippen molar-refractivity contribution in [1.82, 2.24) is 4.90 Å². The molecular weight excluding hydrogens is 365 g/mol. The highest BCUT2D eigenvalue weighted by atomic mass is 19.1. The van der Waals surface area contributed by atoms with Crippen LogP contribution in [0.5, 0.6) is 11.5 Å². The number of methoxy groups -OCH3 is 1. The van der Waals surface area contributed by atoms with E-state index in [1.165, 1.54) is 11.6 Å². The Bertz CT molecular complexity index is 948. The van der Waals surface area contributed by atoms with Crippen LogP contribution in [0.25, 0.3) is 0 Å². The number of hydrogen-bond donors (Lipinski definition) is 1. The normalized spacial score (nSPS) is 16.5. The molecule has 0 amide bonds. The fraction of sp³-hybridized carbons (Fsp3) is 0.280. The van der Waals surface area contributed by atoms with Gasteiger partial charge >= 0.3 is 0 Å². The average Bonchev–Trinajstić information content (AvgIpc) is 2.75.